The second-order valence-corrected chi connectivity index (χ2v) is 6.48. The van der Waals surface area contributed by atoms with Gasteiger partial charge in [-0.1, -0.05) is 26.0 Å². The molecule has 0 saturated carbocycles. The molecule has 2 atom stereocenters. The molecule has 0 heterocycles. The third kappa shape index (κ3) is 4.88. The molecule has 1 aromatic carbocycles. The van der Waals surface area contributed by atoms with E-state index in [1.807, 2.05) is 45.0 Å². The summed E-state index contributed by atoms with van der Waals surface area (Å²) in [5.74, 6) is 0.324. The van der Waals surface area contributed by atoms with Crippen LogP contribution in [-0.2, 0) is 4.79 Å². The van der Waals surface area contributed by atoms with Gasteiger partial charge >= 0.3 is 6.09 Å². The third-order valence-electron chi connectivity index (χ3n) is 3.95. The van der Waals surface area contributed by atoms with E-state index in [1.165, 1.54) is 4.90 Å². The normalized spacial score (nSPS) is 13.5. The van der Waals surface area contributed by atoms with Crippen LogP contribution in [0.25, 0.3) is 0 Å². The average molecular weight is 336 g/mol. The highest BCUT2D eigenvalue weighted by Gasteiger charge is 2.34. The Balaban J connectivity index is 2.92. The van der Waals surface area contributed by atoms with Crippen molar-refractivity contribution in [2.24, 2.45) is 5.92 Å². The lowest BCUT2D eigenvalue weighted by Crippen LogP contribution is -2.54. The first kappa shape index (κ1) is 19.8. The van der Waals surface area contributed by atoms with Crippen LogP contribution in [0.2, 0.25) is 0 Å². The van der Waals surface area contributed by atoms with E-state index in [-0.39, 0.29) is 23.9 Å². The Kier molecular flexibility index (Phi) is 7.07. The quantitative estimate of drug-likeness (QED) is 0.801. The topological polar surface area (TPSA) is 78.9 Å². The number of benzene rings is 1. The van der Waals surface area contributed by atoms with Crippen molar-refractivity contribution in [1.82, 2.24) is 10.2 Å². The highest BCUT2D eigenvalue weighted by atomic mass is 16.5. The molecular formula is C18H28N2O4. The van der Waals surface area contributed by atoms with Crippen LogP contribution in [0.4, 0.5) is 4.79 Å². The molecular weight excluding hydrogens is 308 g/mol. The van der Waals surface area contributed by atoms with Crippen molar-refractivity contribution in [3.8, 4) is 5.75 Å². The average Bonchev–Trinajstić information content (AvgIpc) is 2.51. The summed E-state index contributed by atoms with van der Waals surface area (Å²) in [6.45, 7) is 9.10. The fourth-order valence-electron chi connectivity index (χ4n) is 2.69. The Morgan fingerprint density at radius 3 is 2.00 bits per heavy atom. The smallest absolute Gasteiger partial charge is 0.408 e. The molecule has 0 aromatic heterocycles. The number of hydrogen-bond acceptors (Lipinski definition) is 3. The predicted molar refractivity (Wildman–Crippen MR) is 93.2 cm³/mol. The van der Waals surface area contributed by atoms with Gasteiger partial charge in [-0.3, -0.25) is 9.69 Å². The van der Waals surface area contributed by atoms with Gasteiger partial charge in [-0.15, -0.1) is 0 Å². The van der Waals surface area contributed by atoms with Crippen molar-refractivity contribution in [3.05, 3.63) is 29.8 Å². The molecule has 6 heteroatoms. The number of amides is 2. The van der Waals surface area contributed by atoms with Crippen molar-refractivity contribution in [3.63, 3.8) is 0 Å². The molecule has 134 valence electrons. The zero-order valence-electron chi connectivity index (χ0n) is 15.2. The minimum Gasteiger partial charge on any atom is -0.497 e. The SMILES string of the molecule is COc1ccc(C(C)NC(=O)C(C(C)C)N(C(=O)O)C(C)C)cc1. The summed E-state index contributed by atoms with van der Waals surface area (Å²) in [6, 6.07) is 6.18. The van der Waals surface area contributed by atoms with Crippen LogP contribution in [-0.4, -0.2) is 41.2 Å². The van der Waals surface area contributed by atoms with E-state index in [0.717, 1.165) is 11.3 Å². The molecule has 0 fully saturated rings. The predicted octanol–water partition coefficient (Wildman–Crippen LogP) is 3.29. The van der Waals surface area contributed by atoms with E-state index in [1.54, 1.807) is 21.0 Å². The molecule has 0 aliphatic carbocycles. The first-order valence-corrected chi connectivity index (χ1v) is 8.14. The van der Waals surface area contributed by atoms with Gasteiger partial charge in [0.2, 0.25) is 5.91 Å². The van der Waals surface area contributed by atoms with Gasteiger partial charge < -0.3 is 15.2 Å². The van der Waals surface area contributed by atoms with E-state index in [4.69, 9.17) is 4.74 Å². The molecule has 6 nitrogen and oxygen atoms in total. The van der Waals surface area contributed by atoms with Crippen molar-refractivity contribution < 1.29 is 19.4 Å². The van der Waals surface area contributed by atoms with Crippen LogP contribution in [0.1, 0.15) is 46.2 Å². The number of hydrogen-bond donors (Lipinski definition) is 2. The minimum atomic E-state index is -1.09. The summed E-state index contributed by atoms with van der Waals surface area (Å²) in [4.78, 5) is 25.5. The van der Waals surface area contributed by atoms with Gasteiger partial charge in [0, 0.05) is 6.04 Å². The van der Waals surface area contributed by atoms with Crippen LogP contribution in [0.15, 0.2) is 24.3 Å². The summed E-state index contributed by atoms with van der Waals surface area (Å²) in [5, 5.41) is 12.4. The maximum absolute atomic E-state index is 12.7. The number of methoxy groups -OCH3 is 1. The summed E-state index contributed by atoms with van der Waals surface area (Å²) in [7, 11) is 1.60. The Morgan fingerprint density at radius 1 is 1.08 bits per heavy atom. The van der Waals surface area contributed by atoms with Crippen LogP contribution < -0.4 is 10.1 Å². The van der Waals surface area contributed by atoms with Crippen LogP contribution >= 0.6 is 0 Å². The minimum absolute atomic E-state index is 0.133. The highest BCUT2D eigenvalue weighted by molar-refractivity contribution is 5.86. The van der Waals surface area contributed by atoms with Gasteiger partial charge in [0.1, 0.15) is 11.8 Å². The molecule has 2 N–H and O–H groups in total. The van der Waals surface area contributed by atoms with Crippen LogP contribution in [0.3, 0.4) is 0 Å². The summed E-state index contributed by atoms with van der Waals surface area (Å²) < 4.78 is 5.12. The zero-order chi connectivity index (χ0) is 18.4. The molecule has 0 aliphatic heterocycles. The lowest BCUT2D eigenvalue weighted by molar-refractivity contribution is -0.128. The molecule has 24 heavy (non-hydrogen) atoms. The lowest BCUT2D eigenvalue weighted by Gasteiger charge is -2.34. The molecule has 0 radical (unpaired) electrons. The van der Waals surface area contributed by atoms with Gasteiger partial charge in [-0.05, 0) is 44.4 Å². The fraction of sp³-hybridized carbons (Fsp3) is 0.556. The molecule has 1 rings (SSSR count). The summed E-state index contributed by atoms with van der Waals surface area (Å²) >= 11 is 0. The van der Waals surface area contributed by atoms with E-state index >= 15 is 0 Å². The Labute approximate surface area is 143 Å². The number of nitrogens with zero attached hydrogens (tertiary/aromatic N) is 1. The van der Waals surface area contributed by atoms with E-state index in [2.05, 4.69) is 5.32 Å². The van der Waals surface area contributed by atoms with Crippen molar-refractivity contribution in [2.75, 3.05) is 7.11 Å². The van der Waals surface area contributed by atoms with Crippen LogP contribution in [0, 0.1) is 5.92 Å². The standard InChI is InChI=1S/C18H28N2O4/c1-11(2)16(20(12(3)4)18(22)23)17(21)19-13(5)14-7-9-15(24-6)10-8-14/h7-13,16H,1-6H3,(H,19,21)(H,22,23). The van der Waals surface area contributed by atoms with E-state index in [9.17, 15) is 14.7 Å². The number of nitrogens with one attached hydrogen (secondary N) is 1. The van der Waals surface area contributed by atoms with Gasteiger partial charge in [0.15, 0.2) is 0 Å². The van der Waals surface area contributed by atoms with E-state index < -0.39 is 12.1 Å². The summed E-state index contributed by atoms with van der Waals surface area (Å²) in [6.07, 6.45) is -1.09. The second-order valence-electron chi connectivity index (χ2n) is 6.48. The van der Waals surface area contributed by atoms with Gasteiger partial charge in [-0.2, -0.15) is 0 Å². The largest absolute Gasteiger partial charge is 0.497 e. The first-order valence-electron chi connectivity index (χ1n) is 8.14. The number of carbonyl (C=O) groups excluding carboxylic acids is 1. The molecule has 0 spiro atoms. The van der Waals surface area contributed by atoms with Crippen molar-refractivity contribution in [1.29, 1.82) is 0 Å². The molecule has 1 aromatic rings. The molecule has 0 saturated heterocycles. The molecule has 0 bridgehead atoms. The second kappa shape index (κ2) is 8.57. The van der Waals surface area contributed by atoms with Gasteiger partial charge in [-0.25, -0.2) is 4.79 Å². The maximum Gasteiger partial charge on any atom is 0.408 e. The van der Waals surface area contributed by atoms with Gasteiger partial charge in [0.25, 0.3) is 0 Å². The van der Waals surface area contributed by atoms with Crippen molar-refractivity contribution >= 4 is 12.0 Å². The zero-order valence-corrected chi connectivity index (χ0v) is 15.2. The molecule has 0 aliphatic rings. The van der Waals surface area contributed by atoms with Gasteiger partial charge in [0.05, 0.1) is 13.2 Å². The number of carboxylic acid groups (broad SMARTS) is 1. The maximum atomic E-state index is 12.7. The Morgan fingerprint density at radius 2 is 1.62 bits per heavy atom. The fourth-order valence-corrected chi connectivity index (χ4v) is 2.69. The number of rotatable bonds is 7. The number of ether oxygens (including phenoxy) is 1. The number of carbonyl (C=O) groups is 2. The molecule has 2 amide bonds. The van der Waals surface area contributed by atoms with Crippen LogP contribution in [0.5, 0.6) is 5.75 Å². The highest BCUT2D eigenvalue weighted by Crippen LogP contribution is 2.20. The van der Waals surface area contributed by atoms with E-state index in [0.29, 0.717) is 0 Å². The third-order valence-corrected chi connectivity index (χ3v) is 3.95. The summed E-state index contributed by atoms with van der Waals surface area (Å²) in [5.41, 5.74) is 0.929. The van der Waals surface area contributed by atoms with Crippen molar-refractivity contribution in [2.45, 2.75) is 52.7 Å². The Bertz CT molecular complexity index is 555. The Hall–Kier alpha value is -2.24. The first-order chi connectivity index (χ1) is 11.2. The lowest BCUT2D eigenvalue weighted by atomic mass is 9.99. The molecule has 2 unspecified atom stereocenters. The monoisotopic (exact) mass is 336 g/mol.